The van der Waals surface area contributed by atoms with Crippen molar-refractivity contribution in [3.63, 3.8) is 0 Å². The number of carbonyl (C=O) groups excluding carboxylic acids is 1. The Morgan fingerprint density at radius 2 is 1.68 bits per heavy atom. The molecule has 1 amide bonds. The van der Waals surface area contributed by atoms with Gasteiger partial charge in [0.25, 0.3) is 5.91 Å². The first-order valence-electron chi connectivity index (χ1n) is 10.1. The summed E-state index contributed by atoms with van der Waals surface area (Å²) in [6.07, 6.45) is 0. The SMILES string of the molecule is C=S1(=O)NC(=O)C(C)N1c1ccc(OCc2cccc(-c3c(C)cccc3C)c2)cc1. The quantitative estimate of drug-likeness (QED) is 0.605. The monoisotopic (exact) mass is 434 g/mol. The minimum absolute atomic E-state index is 0.288. The van der Waals surface area contributed by atoms with Crippen LogP contribution in [0.1, 0.15) is 23.6 Å². The van der Waals surface area contributed by atoms with Gasteiger partial charge in [-0.05, 0) is 84.8 Å². The highest BCUT2D eigenvalue weighted by atomic mass is 32.2. The van der Waals surface area contributed by atoms with Crippen molar-refractivity contribution in [1.29, 1.82) is 0 Å². The van der Waals surface area contributed by atoms with Crippen LogP contribution < -0.4 is 13.8 Å². The summed E-state index contributed by atoms with van der Waals surface area (Å²) in [6, 6.07) is 21.4. The maximum Gasteiger partial charge on any atom is 0.256 e. The molecule has 0 bridgehead atoms. The number of amides is 1. The van der Waals surface area contributed by atoms with Gasteiger partial charge in [0, 0.05) is 0 Å². The van der Waals surface area contributed by atoms with E-state index in [9.17, 15) is 9.00 Å². The van der Waals surface area contributed by atoms with Gasteiger partial charge in [-0.15, -0.1) is 0 Å². The second kappa shape index (κ2) is 8.12. The van der Waals surface area contributed by atoms with Crippen LogP contribution in [-0.4, -0.2) is 22.0 Å². The van der Waals surface area contributed by atoms with Gasteiger partial charge in [0.05, 0.1) is 5.69 Å². The minimum atomic E-state index is -2.85. The van der Waals surface area contributed by atoms with E-state index in [0.717, 1.165) is 5.56 Å². The number of benzene rings is 3. The third kappa shape index (κ3) is 4.16. The summed E-state index contributed by atoms with van der Waals surface area (Å²) < 4.78 is 22.5. The first kappa shape index (κ1) is 21.0. The molecule has 1 aliphatic rings. The van der Waals surface area contributed by atoms with Crippen molar-refractivity contribution in [1.82, 2.24) is 4.72 Å². The van der Waals surface area contributed by atoms with Crippen molar-refractivity contribution in [2.45, 2.75) is 33.4 Å². The molecule has 0 aromatic heterocycles. The summed E-state index contributed by atoms with van der Waals surface area (Å²) in [4.78, 5) is 11.9. The topological polar surface area (TPSA) is 58.6 Å². The van der Waals surface area contributed by atoms with E-state index in [1.807, 2.05) is 24.3 Å². The number of carbonyl (C=O) groups is 1. The number of ether oxygens (including phenoxy) is 1. The van der Waals surface area contributed by atoms with Crippen molar-refractivity contribution in [2.24, 2.45) is 0 Å². The van der Waals surface area contributed by atoms with Crippen molar-refractivity contribution in [3.05, 3.63) is 83.4 Å². The number of rotatable bonds is 5. The first-order valence-corrected chi connectivity index (χ1v) is 11.8. The van der Waals surface area contributed by atoms with Gasteiger partial charge in [0.1, 0.15) is 28.3 Å². The summed E-state index contributed by atoms with van der Waals surface area (Å²) in [6.45, 7) is 6.40. The number of anilines is 1. The van der Waals surface area contributed by atoms with Crippen molar-refractivity contribution >= 4 is 27.4 Å². The number of aryl methyl sites for hydroxylation is 2. The highest BCUT2D eigenvalue weighted by molar-refractivity contribution is 8.00. The zero-order chi connectivity index (χ0) is 22.2. The number of nitrogens with one attached hydrogen (secondary N) is 1. The van der Waals surface area contributed by atoms with E-state index < -0.39 is 15.9 Å². The highest BCUT2D eigenvalue weighted by Gasteiger charge is 2.36. The Labute approximate surface area is 183 Å². The van der Waals surface area contributed by atoms with Crippen molar-refractivity contribution in [3.8, 4) is 16.9 Å². The van der Waals surface area contributed by atoms with Gasteiger partial charge in [-0.2, -0.15) is 0 Å². The molecule has 31 heavy (non-hydrogen) atoms. The lowest BCUT2D eigenvalue weighted by Gasteiger charge is -2.23. The lowest BCUT2D eigenvalue weighted by atomic mass is 9.95. The molecule has 1 aliphatic heterocycles. The van der Waals surface area contributed by atoms with Crippen LogP contribution in [0.4, 0.5) is 5.69 Å². The van der Waals surface area contributed by atoms with Gasteiger partial charge >= 0.3 is 0 Å². The van der Waals surface area contributed by atoms with E-state index in [1.165, 1.54) is 26.6 Å². The fraction of sp³-hybridized carbons (Fsp3) is 0.200. The molecule has 2 atom stereocenters. The molecule has 2 unspecified atom stereocenters. The standard InChI is InChI=1S/C25H26N2O3S/c1-17-7-5-8-18(2)24(17)21-10-6-9-20(15-21)16-30-23-13-11-22(12-14-23)27-19(3)25(28)26-31(27,4)29/h5-15,19H,4,16H2,1-3H3,(H,26,28,29). The molecule has 6 heteroatoms. The van der Waals surface area contributed by atoms with Crippen LogP contribution in [0.5, 0.6) is 5.75 Å². The Morgan fingerprint density at radius 1 is 1.03 bits per heavy atom. The lowest BCUT2D eigenvalue weighted by Crippen LogP contribution is -2.33. The van der Waals surface area contributed by atoms with Crippen LogP contribution in [-0.2, 0) is 21.3 Å². The Kier molecular flexibility index (Phi) is 5.50. The fourth-order valence-electron chi connectivity index (χ4n) is 3.99. The predicted molar refractivity (Wildman–Crippen MR) is 127 cm³/mol. The summed E-state index contributed by atoms with van der Waals surface area (Å²) in [5.74, 6) is 4.07. The normalized spacial score (nSPS) is 20.5. The average Bonchev–Trinajstić information content (AvgIpc) is 2.94. The third-order valence-electron chi connectivity index (χ3n) is 5.50. The Bertz CT molecular complexity index is 1210. The molecule has 0 aliphatic carbocycles. The molecular weight excluding hydrogens is 408 g/mol. The van der Waals surface area contributed by atoms with E-state index in [1.54, 1.807) is 19.1 Å². The van der Waals surface area contributed by atoms with E-state index in [0.29, 0.717) is 18.0 Å². The maximum atomic E-state index is 12.6. The molecule has 0 spiro atoms. The Balaban J connectivity index is 1.49. The molecule has 1 N–H and O–H groups in total. The van der Waals surface area contributed by atoms with Crippen LogP contribution in [0, 0.1) is 13.8 Å². The van der Waals surface area contributed by atoms with Crippen LogP contribution >= 0.6 is 0 Å². The molecule has 3 aromatic carbocycles. The van der Waals surface area contributed by atoms with Crippen molar-refractivity contribution in [2.75, 3.05) is 4.31 Å². The van der Waals surface area contributed by atoms with Gasteiger partial charge in [-0.1, -0.05) is 36.4 Å². The van der Waals surface area contributed by atoms with Gasteiger partial charge in [0.15, 0.2) is 0 Å². The number of hydrogen-bond acceptors (Lipinski definition) is 3. The van der Waals surface area contributed by atoms with Gasteiger partial charge in [-0.3, -0.25) is 13.8 Å². The van der Waals surface area contributed by atoms with Gasteiger partial charge < -0.3 is 4.74 Å². The average molecular weight is 435 g/mol. The minimum Gasteiger partial charge on any atom is -0.489 e. The molecular formula is C25H26N2O3S. The molecule has 3 aromatic rings. The molecule has 5 nitrogen and oxygen atoms in total. The summed E-state index contributed by atoms with van der Waals surface area (Å²) in [5.41, 5.74) is 6.67. The zero-order valence-corrected chi connectivity index (χ0v) is 18.7. The second-order valence-electron chi connectivity index (χ2n) is 7.86. The molecule has 0 radical (unpaired) electrons. The molecule has 160 valence electrons. The van der Waals surface area contributed by atoms with Crippen LogP contribution in [0.15, 0.2) is 66.7 Å². The molecule has 1 fully saturated rings. The highest BCUT2D eigenvalue weighted by Crippen LogP contribution is 2.29. The number of nitrogens with zero attached hydrogens (tertiary/aromatic N) is 1. The Morgan fingerprint density at radius 3 is 2.29 bits per heavy atom. The summed E-state index contributed by atoms with van der Waals surface area (Å²) in [5, 5.41) is 0. The van der Waals surface area contributed by atoms with E-state index in [-0.39, 0.29) is 5.91 Å². The van der Waals surface area contributed by atoms with Crippen LogP contribution in [0.25, 0.3) is 11.1 Å². The van der Waals surface area contributed by atoms with Crippen molar-refractivity contribution < 1.29 is 13.7 Å². The van der Waals surface area contributed by atoms with Crippen LogP contribution in [0.2, 0.25) is 0 Å². The van der Waals surface area contributed by atoms with E-state index in [4.69, 9.17) is 4.74 Å². The second-order valence-corrected chi connectivity index (χ2v) is 9.74. The first-order chi connectivity index (χ1) is 14.8. The lowest BCUT2D eigenvalue weighted by molar-refractivity contribution is -0.119. The van der Waals surface area contributed by atoms with Gasteiger partial charge in [-0.25, -0.2) is 4.21 Å². The smallest absolute Gasteiger partial charge is 0.256 e. The molecule has 1 heterocycles. The van der Waals surface area contributed by atoms with E-state index in [2.05, 4.69) is 54.8 Å². The van der Waals surface area contributed by atoms with Crippen LogP contribution in [0.3, 0.4) is 0 Å². The maximum absolute atomic E-state index is 12.6. The molecule has 4 rings (SSSR count). The third-order valence-corrected chi connectivity index (χ3v) is 7.19. The summed E-state index contributed by atoms with van der Waals surface area (Å²) >= 11 is 0. The molecule has 1 saturated heterocycles. The summed E-state index contributed by atoms with van der Waals surface area (Å²) in [7, 11) is -2.85. The predicted octanol–water partition coefficient (Wildman–Crippen LogP) is 4.42. The number of hydrogen-bond donors (Lipinski definition) is 1. The largest absolute Gasteiger partial charge is 0.489 e. The Hall–Kier alpha value is -3.25. The fourth-order valence-corrected chi connectivity index (χ4v) is 5.64. The van der Waals surface area contributed by atoms with E-state index >= 15 is 0 Å². The molecule has 0 saturated carbocycles. The van der Waals surface area contributed by atoms with Gasteiger partial charge in [0.2, 0.25) is 0 Å². The zero-order valence-electron chi connectivity index (χ0n) is 17.9.